The van der Waals surface area contributed by atoms with Crippen molar-refractivity contribution < 1.29 is 14.3 Å². The molecule has 0 bridgehead atoms. The van der Waals surface area contributed by atoms with Crippen molar-refractivity contribution in [2.24, 2.45) is 5.10 Å². The largest absolute Gasteiger partial charge is 0.497 e. The number of nitrogens with zero attached hydrogens (tertiary/aromatic N) is 2. The number of hydrogen-bond acceptors (Lipinski definition) is 4. The molecule has 2 aromatic rings. The lowest BCUT2D eigenvalue weighted by atomic mass is 9.98. The number of hydrazone groups is 1. The fourth-order valence-electron chi connectivity index (χ4n) is 3.42. The summed E-state index contributed by atoms with van der Waals surface area (Å²) < 4.78 is 5.25. The van der Waals surface area contributed by atoms with Crippen LogP contribution in [0.2, 0.25) is 0 Å². The number of ether oxygens (including phenoxy) is 1. The van der Waals surface area contributed by atoms with Gasteiger partial charge in [-0.05, 0) is 36.6 Å². The van der Waals surface area contributed by atoms with Gasteiger partial charge < -0.3 is 10.1 Å². The Morgan fingerprint density at radius 3 is 2.47 bits per heavy atom. The second kappa shape index (κ2) is 10.1. The molecular weight excluding hydrogens is 378 g/mol. The Balaban J connectivity index is 1.77. The fraction of sp³-hybridized carbons (Fsp3) is 0.375. The van der Waals surface area contributed by atoms with Crippen LogP contribution < -0.4 is 10.1 Å². The molecular formula is C24H29N3O3. The maximum absolute atomic E-state index is 13.0. The van der Waals surface area contributed by atoms with Crippen LogP contribution in [-0.2, 0) is 9.59 Å². The van der Waals surface area contributed by atoms with Gasteiger partial charge in [-0.3, -0.25) is 9.59 Å². The smallest absolute Gasteiger partial charge is 0.243 e. The van der Waals surface area contributed by atoms with Crippen molar-refractivity contribution in [1.29, 1.82) is 0 Å². The van der Waals surface area contributed by atoms with Gasteiger partial charge in [0.2, 0.25) is 11.8 Å². The van der Waals surface area contributed by atoms with Crippen molar-refractivity contribution >= 4 is 17.5 Å². The fourth-order valence-corrected chi connectivity index (χ4v) is 3.42. The minimum Gasteiger partial charge on any atom is -0.497 e. The molecule has 2 atom stereocenters. The van der Waals surface area contributed by atoms with Crippen LogP contribution in [0.4, 0.5) is 0 Å². The van der Waals surface area contributed by atoms with E-state index in [1.54, 1.807) is 12.1 Å². The van der Waals surface area contributed by atoms with Gasteiger partial charge >= 0.3 is 0 Å². The molecule has 1 N–H and O–H groups in total. The number of rotatable bonds is 8. The van der Waals surface area contributed by atoms with Gasteiger partial charge in [0.1, 0.15) is 5.75 Å². The Labute approximate surface area is 177 Å². The lowest BCUT2D eigenvalue weighted by Crippen LogP contribution is -2.33. The van der Waals surface area contributed by atoms with E-state index in [9.17, 15) is 9.59 Å². The molecule has 1 aliphatic rings. The first-order valence-electron chi connectivity index (χ1n) is 10.4. The number of hydrogen-bond donors (Lipinski definition) is 1. The second-order valence-electron chi connectivity index (χ2n) is 7.52. The molecule has 3 rings (SSSR count). The third-order valence-electron chi connectivity index (χ3n) is 5.36. The quantitative estimate of drug-likeness (QED) is 0.717. The van der Waals surface area contributed by atoms with E-state index in [1.165, 1.54) is 0 Å². The minimum atomic E-state index is -0.198. The number of benzene rings is 2. The summed E-state index contributed by atoms with van der Waals surface area (Å²) in [4.78, 5) is 25.1. The van der Waals surface area contributed by atoms with Gasteiger partial charge in [-0.2, -0.15) is 5.10 Å². The standard InChI is InChI=1S/C24H29N3O3/c1-4-17(2)25-23(28)14-15-24(29)27-22(19-10-12-20(30-3)13-11-19)16-21(26-27)18-8-6-5-7-9-18/h5-13,17,22H,4,14-16H2,1-3H3,(H,25,28). The van der Waals surface area contributed by atoms with Crippen LogP contribution >= 0.6 is 0 Å². The highest BCUT2D eigenvalue weighted by Gasteiger charge is 2.33. The summed E-state index contributed by atoms with van der Waals surface area (Å²) in [5.41, 5.74) is 2.86. The minimum absolute atomic E-state index is 0.106. The van der Waals surface area contributed by atoms with Crippen molar-refractivity contribution in [2.75, 3.05) is 7.11 Å². The summed E-state index contributed by atoms with van der Waals surface area (Å²) in [6, 6.07) is 17.5. The number of methoxy groups -OCH3 is 1. The van der Waals surface area contributed by atoms with E-state index >= 15 is 0 Å². The van der Waals surface area contributed by atoms with Crippen LogP contribution in [0.25, 0.3) is 0 Å². The van der Waals surface area contributed by atoms with Gasteiger partial charge in [-0.25, -0.2) is 5.01 Å². The zero-order chi connectivity index (χ0) is 21.5. The van der Waals surface area contributed by atoms with Gasteiger partial charge in [-0.1, -0.05) is 49.4 Å². The van der Waals surface area contributed by atoms with Gasteiger partial charge in [-0.15, -0.1) is 0 Å². The Morgan fingerprint density at radius 2 is 1.83 bits per heavy atom. The first-order valence-corrected chi connectivity index (χ1v) is 10.4. The van der Waals surface area contributed by atoms with Crippen LogP contribution in [0.15, 0.2) is 59.7 Å². The van der Waals surface area contributed by atoms with E-state index in [0.717, 1.165) is 29.0 Å². The number of carbonyl (C=O) groups excluding carboxylic acids is 2. The average Bonchev–Trinajstić information content (AvgIpc) is 3.23. The molecule has 0 radical (unpaired) electrons. The van der Waals surface area contributed by atoms with E-state index in [2.05, 4.69) is 10.4 Å². The maximum atomic E-state index is 13.0. The van der Waals surface area contributed by atoms with Crippen molar-refractivity contribution in [3.05, 3.63) is 65.7 Å². The van der Waals surface area contributed by atoms with Crippen molar-refractivity contribution in [2.45, 2.75) is 51.6 Å². The molecule has 0 saturated carbocycles. The summed E-state index contributed by atoms with van der Waals surface area (Å²) in [6.45, 7) is 3.97. The SMILES string of the molecule is CCC(C)NC(=O)CCC(=O)N1N=C(c2ccccc2)CC1c1ccc(OC)cc1. The highest BCUT2D eigenvalue weighted by molar-refractivity contribution is 6.03. The molecule has 2 aromatic carbocycles. The molecule has 30 heavy (non-hydrogen) atoms. The molecule has 0 aliphatic carbocycles. The molecule has 2 amide bonds. The average molecular weight is 408 g/mol. The third kappa shape index (κ3) is 5.26. The second-order valence-corrected chi connectivity index (χ2v) is 7.52. The maximum Gasteiger partial charge on any atom is 0.243 e. The van der Waals surface area contributed by atoms with Crippen molar-refractivity contribution in [3.63, 3.8) is 0 Å². The Bertz CT molecular complexity index is 894. The summed E-state index contributed by atoms with van der Waals surface area (Å²) in [5, 5.41) is 9.10. The molecule has 6 heteroatoms. The lowest BCUT2D eigenvalue weighted by Gasteiger charge is -2.22. The molecule has 1 aliphatic heterocycles. The van der Waals surface area contributed by atoms with Crippen LogP contribution in [0.3, 0.4) is 0 Å². The molecule has 1 heterocycles. The van der Waals surface area contributed by atoms with Crippen LogP contribution in [0.1, 0.15) is 56.7 Å². The number of carbonyl (C=O) groups is 2. The zero-order valence-corrected chi connectivity index (χ0v) is 17.8. The Kier molecular flexibility index (Phi) is 7.22. The number of nitrogens with one attached hydrogen (secondary N) is 1. The van der Waals surface area contributed by atoms with E-state index in [-0.39, 0.29) is 36.7 Å². The number of amides is 2. The summed E-state index contributed by atoms with van der Waals surface area (Å²) >= 11 is 0. The van der Waals surface area contributed by atoms with Gasteiger partial charge in [0, 0.05) is 25.3 Å². The predicted molar refractivity (Wildman–Crippen MR) is 117 cm³/mol. The van der Waals surface area contributed by atoms with E-state index in [0.29, 0.717) is 6.42 Å². The van der Waals surface area contributed by atoms with Gasteiger partial charge in [0.05, 0.1) is 18.9 Å². The van der Waals surface area contributed by atoms with Crippen LogP contribution in [0, 0.1) is 0 Å². The Hall–Kier alpha value is -3.15. The van der Waals surface area contributed by atoms with Crippen molar-refractivity contribution in [1.82, 2.24) is 10.3 Å². The summed E-state index contributed by atoms with van der Waals surface area (Å²) in [6.07, 6.45) is 1.77. The molecule has 0 spiro atoms. The monoisotopic (exact) mass is 407 g/mol. The van der Waals surface area contributed by atoms with Crippen molar-refractivity contribution in [3.8, 4) is 5.75 Å². The first-order chi connectivity index (χ1) is 14.5. The molecule has 0 saturated heterocycles. The predicted octanol–water partition coefficient (Wildman–Crippen LogP) is 4.07. The highest BCUT2D eigenvalue weighted by Crippen LogP contribution is 2.34. The third-order valence-corrected chi connectivity index (χ3v) is 5.36. The molecule has 2 unspecified atom stereocenters. The molecule has 6 nitrogen and oxygen atoms in total. The lowest BCUT2D eigenvalue weighted by molar-refractivity contribution is -0.135. The summed E-state index contributed by atoms with van der Waals surface area (Å²) in [7, 11) is 1.63. The normalized spacial score (nSPS) is 16.7. The van der Waals surface area contributed by atoms with E-state index < -0.39 is 0 Å². The molecule has 0 fully saturated rings. The van der Waals surface area contributed by atoms with Crippen LogP contribution in [0.5, 0.6) is 5.75 Å². The van der Waals surface area contributed by atoms with Gasteiger partial charge in [0.25, 0.3) is 0 Å². The van der Waals surface area contributed by atoms with Crippen LogP contribution in [-0.4, -0.2) is 35.7 Å². The molecule has 0 aromatic heterocycles. The first kappa shape index (κ1) is 21.6. The molecule has 158 valence electrons. The van der Waals surface area contributed by atoms with Gasteiger partial charge in [0.15, 0.2) is 0 Å². The topological polar surface area (TPSA) is 71.0 Å². The summed E-state index contributed by atoms with van der Waals surface area (Å²) in [5.74, 6) is 0.506. The highest BCUT2D eigenvalue weighted by atomic mass is 16.5. The van der Waals surface area contributed by atoms with E-state index in [4.69, 9.17) is 4.74 Å². The Morgan fingerprint density at radius 1 is 1.13 bits per heavy atom. The van der Waals surface area contributed by atoms with E-state index in [1.807, 2.05) is 68.4 Å². The zero-order valence-electron chi connectivity index (χ0n) is 17.8.